The van der Waals surface area contributed by atoms with E-state index in [9.17, 15) is 4.79 Å². The van der Waals surface area contributed by atoms with E-state index in [1.165, 1.54) is 0 Å². The fourth-order valence-electron chi connectivity index (χ4n) is 1.91. The topological polar surface area (TPSA) is 51.2 Å². The van der Waals surface area contributed by atoms with Gasteiger partial charge in [-0.15, -0.1) is 11.3 Å². The fraction of sp³-hybridized carbons (Fsp3) is 0.444. The van der Waals surface area contributed by atoms with Crippen molar-refractivity contribution in [3.8, 4) is 16.3 Å². The lowest BCUT2D eigenvalue weighted by atomic mass is 9.93. The third kappa shape index (κ3) is 5.06. The van der Waals surface area contributed by atoms with Crippen molar-refractivity contribution in [2.24, 2.45) is 0 Å². The number of benzene rings is 1. The molecule has 0 aliphatic carbocycles. The lowest BCUT2D eigenvalue weighted by Crippen LogP contribution is -2.29. The summed E-state index contributed by atoms with van der Waals surface area (Å²) >= 11 is 1.65. The molecule has 1 aromatic heterocycles. The predicted molar refractivity (Wildman–Crippen MR) is 95.0 cm³/mol. The van der Waals surface area contributed by atoms with Crippen LogP contribution in [0.2, 0.25) is 0 Å². The lowest BCUT2D eigenvalue weighted by Gasteiger charge is -2.14. The Labute approximate surface area is 141 Å². The number of aromatic nitrogens is 1. The molecule has 0 spiro atoms. The predicted octanol–water partition coefficient (Wildman–Crippen LogP) is 4.01. The summed E-state index contributed by atoms with van der Waals surface area (Å²) in [7, 11) is 0. The third-order valence-corrected chi connectivity index (χ3v) is 4.21. The van der Waals surface area contributed by atoms with Crippen molar-refractivity contribution in [1.82, 2.24) is 10.3 Å². The van der Waals surface area contributed by atoms with E-state index in [4.69, 9.17) is 9.72 Å². The van der Waals surface area contributed by atoms with Gasteiger partial charge in [0.1, 0.15) is 10.8 Å². The Morgan fingerprint density at radius 2 is 1.96 bits per heavy atom. The van der Waals surface area contributed by atoms with Crippen LogP contribution < -0.4 is 10.1 Å². The van der Waals surface area contributed by atoms with Crippen molar-refractivity contribution in [2.75, 3.05) is 13.2 Å². The summed E-state index contributed by atoms with van der Waals surface area (Å²) in [5, 5.41) is 5.90. The second-order valence-electron chi connectivity index (χ2n) is 6.45. The van der Waals surface area contributed by atoms with Gasteiger partial charge in [-0.25, -0.2) is 4.98 Å². The Morgan fingerprint density at radius 3 is 2.52 bits per heavy atom. The summed E-state index contributed by atoms with van der Waals surface area (Å²) in [5.74, 6) is 0.596. The van der Waals surface area contributed by atoms with Gasteiger partial charge in [0, 0.05) is 22.9 Å². The van der Waals surface area contributed by atoms with Crippen LogP contribution in [-0.4, -0.2) is 24.0 Å². The number of ether oxygens (including phenoxy) is 1. The van der Waals surface area contributed by atoms with Crippen LogP contribution in [0.5, 0.6) is 5.75 Å². The van der Waals surface area contributed by atoms with E-state index in [1.54, 1.807) is 11.3 Å². The first-order valence-corrected chi connectivity index (χ1v) is 8.74. The van der Waals surface area contributed by atoms with Crippen LogP contribution in [0.1, 0.15) is 39.8 Å². The number of rotatable bonds is 6. The van der Waals surface area contributed by atoms with Gasteiger partial charge in [0.15, 0.2) is 6.61 Å². The maximum absolute atomic E-state index is 11.5. The van der Waals surface area contributed by atoms with Gasteiger partial charge in [0.25, 0.3) is 5.91 Å². The van der Waals surface area contributed by atoms with Crippen molar-refractivity contribution in [3.63, 3.8) is 0 Å². The van der Waals surface area contributed by atoms with Gasteiger partial charge < -0.3 is 10.1 Å². The molecule has 1 heterocycles. The first-order chi connectivity index (χ1) is 10.9. The maximum Gasteiger partial charge on any atom is 0.257 e. The molecule has 0 atom stereocenters. The van der Waals surface area contributed by atoms with E-state index in [1.807, 2.05) is 31.2 Å². The monoisotopic (exact) mass is 332 g/mol. The molecule has 1 N–H and O–H groups in total. The number of thiazole rings is 1. The van der Waals surface area contributed by atoms with Gasteiger partial charge in [-0.2, -0.15) is 0 Å². The molecule has 0 aliphatic heterocycles. The average molecular weight is 332 g/mol. The molecule has 1 amide bonds. The molecule has 0 bridgehead atoms. The third-order valence-electron chi connectivity index (χ3n) is 3.32. The van der Waals surface area contributed by atoms with Crippen LogP contribution in [0, 0.1) is 0 Å². The van der Waals surface area contributed by atoms with Crippen molar-refractivity contribution >= 4 is 17.2 Å². The molecule has 1 aromatic carbocycles. The Hall–Kier alpha value is -1.88. The van der Waals surface area contributed by atoms with Crippen molar-refractivity contribution in [2.45, 2.75) is 39.5 Å². The summed E-state index contributed by atoms with van der Waals surface area (Å²) in [5.41, 5.74) is 2.22. The highest BCUT2D eigenvalue weighted by atomic mass is 32.1. The molecule has 23 heavy (non-hydrogen) atoms. The molecule has 2 rings (SSSR count). The van der Waals surface area contributed by atoms with Gasteiger partial charge in [0.2, 0.25) is 0 Å². The molecule has 0 saturated carbocycles. The molecule has 124 valence electrons. The minimum Gasteiger partial charge on any atom is -0.484 e. The molecule has 0 aliphatic rings. The van der Waals surface area contributed by atoms with Crippen molar-refractivity contribution in [1.29, 1.82) is 0 Å². The molecule has 0 unspecified atom stereocenters. The molecule has 5 heteroatoms. The van der Waals surface area contributed by atoms with Gasteiger partial charge >= 0.3 is 0 Å². The molecular weight excluding hydrogens is 308 g/mol. The molecule has 0 saturated heterocycles. The Bertz CT molecular complexity index is 642. The second kappa shape index (κ2) is 7.59. The normalized spacial score (nSPS) is 11.3. The van der Waals surface area contributed by atoms with Crippen LogP contribution in [0.25, 0.3) is 10.6 Å². The van der Waals surface area contributed by atoms with Crippen LogP contribution in [-0.2, 0) is 10.2 Å². The fourth-order valence-corrected chi connectivity index (χ4v) is 2.96. The van der Waals surface area contributed by atoms with E-state index in [-0.39, 0.29) is 17.9 Å². The summed E-state index contributed by atoms with van der Waals surface area (Å²) < 4.78 is 5.49. The highest BCUT2D eigenvalue weighted by molar-refractivity contribution is 7.13. The first-order valence-electron chi connectivity index (χ1n) is 7.86. The highest BCUT2D eigenvalue weighted by Crippen LogP contribution is 2.30. The quantitative estimate of drug-likeness (QED) is 0.869. The number of amides is 1. The van der Waals surface area contributed by atoms with Gasteiger partial charge in [0.05, 0.1) is 5.69 Å². The number of hydrogen-bond donors (Lipinski definition) is 1. The highest BCUT2D eigenvalue weighted by Gasteiger charge is 2.17. The summed E-state index contributed by atoms with van der Waals surface area (Å²) in [6.07, 6.45) is 0.921. The standard InChI is InChI=1S/C18H24N2O2S/c1-5-10-19-16(21)11-22-14-8-6-13(7-9-14)17-20-15(12-23-17)18(2,3)4/h6-9,12H,5,10-11H2,1-4H3,(H,19,21). The lowest BCUT2D eigenvalue weighted by molar-refractivity contribution is -0.123. The van der Waals surface area contributed by atoms with Crippen LogP contribution >= 0.6 is 11.3 Å². The maximum atomic E-state index is 11.5. The Kier molecular flexibility index (Phi) is 5.77. The van der Waals surface area contributed by atoms with Crippen molar-refractivity contribution < 1.29 is 9.53 Å². The molecule has 2 aromatic rings. The van der Waals surface area contributed by atoms with Crippen LogP contribution in [0.4, 0.5) is 0 Å². The van der Waals surface area contributed by atoms with E-state index in [2.05, 4.69) is 31.5 Å². The van der Waals surface area contributed by atoms with Crippen molar-refractivity contribution in [3.05, 3.63) is 35.3 Å². The zero-order valence-electron chi connectivity index (χ0n) is 14.2. The number of carbonyl (C=O) groups is 1. The van der Waals surface area contributed by atoms with E-state index < -0.39 is 0 Å². The minimum absolute atomic E-state index is 0.0464. The summed E-state index contributed by atoms with van der Waals surface area (Å²) in [6, 6.07) is 7.70. The Balaban J connectivity index is 1.97. The number of carbonyl (C=O) groups excluding carboxylic acids is 1. The minimum atomic E-state index is -0.0920. The zero-order chi connectivity index (χ0) is 16.9. The number of nitrogens with one attached hydrogen (secondary N) is 1. The molecule has 0 radical (unpaired) electrons. The summed E-state index contributed by atoms with van der Waals surface area (Å²) in [4.78, 5) is 16.2. The van der Waals surface area contributed by atoms with Crippen LogP contribution in [0.3, 0.4) is 0 Å². The zero-order valence-corrected chi connectivity index (χ0v) is 15.0. The smallest absolute Gasteiger partial charge is 0.257 e. The second-order valence-corrected chi connectivity index (χ2v) is 7.31. The molecule has 4 nitrogen and oxygen atoms in total. The Morgan fingerprint density at radius 1 is 1.26 bits per heavy atom. The van der Waals surface area contributed by atoms with E-state index in [0.29, 0.717) is 12.3 Å². The van der Waals surface area contributed by atoms with Gasteiger partial charge in [-0.3, -0.25) is 4.79 Å². The molecule has 0 fully saturated rings. The van der Waals surface area contributed by atoms with Gasteiger partial charge in [-0.1, -0.05) is 27.7 Å². The molecular formula is C18H24N2O2S. The van der Waals surface area contributed by atoms with E-state index in [0.717, 1.165) is 22.7 Å². The van der Waals surface area contributed by atoms with Crippen LogP contribution in [0.15, 0.2) is 29.6 Å². The SMILES string of the molecule is CCCNC(=O)COc1ccc(-c2nc(C(C)(C)C)cs2)cc1. The average Bonchev–Trinajstić information content (AvgIpc) is 3.01. The van der Waals surface area contributed by atoms with Gasteiger partial charge in [-0.05, 0) is 30.7 Å². The number of nitrogens with zero attached hydrogens (tertiary/aromatic N) is 1. The first kappa shape index (κ1) is 17.5. The van der Waals surface area contributed by atoms with E-state index >= 15 is 0 Å². The largest absolute Gasteiger partial charge is 0.484 e. The number of hydrogen-bond acceptors (Lipinski definition) is 4. The summed E-state index contributed by atoms with van der Waals surface area (Å²) in [6.45, 7) is 9.22.